The fraction of sp³-hybridized carbons (Fsp3) is 0.421. The molecule has 3 aromatic rings. The number of hydrogen-bond donors (Lipinski definition) is 1. The van der Waals surface area contributed by atoms with Gasteiger partial charge in [-0.25, -0.2) is 4.68 Å². The lowest BCUT2D eigenvalue weighted by Crippen LogP contribution is -2.34. The average molecular weight is 391 g/mol. The number of nitrogens with zero attached hydrogens (tertiary/aromatic N) is 5. The zero-order valence-corrected chi connectivity index (χ0v) is 15.5. The van der Waals surface area contributed by atoms with E-state index in [0.717, 1.165) is 43.5 Å². The average Bonchev–Trinajstić information content (AvgIpc) is 3.03. The quantitative estimate of drug-likeness (QED) is 0.720. The molecule has 6 nitrogen and oxygen atoms in total. The maximum atomic E-state index is 12.9. The molecule has 0 aliphatic carbocycles. The van der Waals surface area contributed by atoms with Gasteiger partial charge in [0, 0.05) is 17.5 Å². The Kier molecular flexibility index (Phi) is 4.49. The molecule has 1 aromatic carbocycles. The largest absolute Gasteiger partial charge is 0.507 e. The van der Waals surface area contributed by atoms with Crippen LogP contribution in [0.3, 0.4) is 0 Å². The second-order valence-corrected chi connectivity index (χ2v) is 7.34. The Bertz CT molecular complexity index is 1010. The highest BCUT2D eigenvalue weighted by atomic mass is 19.4. The van der Waals surface area contributed by atoms with Gasteiger partial charge in [-0.1, -0.05) is 0 Å². The summed E-state index contributed by atoms with van der Waals surface area (Å²) in [5.41, 5.74) is 0.578. The zero-order chi connectivity index (χ0) is 20.1. The number of fused-ring (bicyclic) bond motifs is 1. The smallest absolute Gasteiger partial charge is 0.416 e. The van der Waals surface area contributed by atoms with Gasteiger partial charge in [0.2, 0.25) is 0 Å². The summed E-state index contributed by atoms with van der Waals surface area (Å²) in [5, 5.41) is 23.8. The highest BCUT2D eigenvalue weighted by Crippen LogP contribution is 2.38. The van der Waals surface area contributed by atoms with E-state index in [0.29, 0.717) is 11.3 Å². The van der Waals surface area contributed by atoms with Gasteiger partial charge in [-0.2, -0.15) is 18.3 Å². The lowest BCUT2D eigenvalue weighted by molar-refractivity contribution is -0.137. The van der Waals surface area contributed by atoms with Gasteiger partial charge in [0.1, 0.15) is 5.75 Å². The van der Waals surface area contributed by atoms with Crippen molar-refractivity contribution >= 4 is 11.0 Å². The van der Waals surface area contributed by atoms with E-state index in [1.54, 1.807) is 12.3 Å². The maximum Gasteiger partial charge on any atom is 0.416 e. The van der Waals surface area contributed by atoms with Crippen molar-refractivity contribution in [1.29, 1.82) is 0 Å². The number of piperidine rings is 1. The summed E-state index contributed by atoms with van der Waals surface area (Å²) in [4.78, 5) is 2.24. The molecule has 1 fully saturated rings. The summed E-state index contributed by atoms with van der Waals surface area (Å²) < 4.78 is 40.7. The molecule has 4 rings (SSSR count). The highest BCUT2D eigenvalue weighted by molar-refractivity contribution is 5.81. The van der Waals surface area contributed by atoms with Crippen LogP contribution < -0.4 is 0 Å². The standard InChI is InChI=1S/C19H20F3N5O/c1-11-6-13(19(20,21)22)8-16(28)17(11)15-7-12-9-23-27(18(12)25-24-15)14-4-3-5-26(2)10-14/h6-9,14,28H,3-5,10H2,1-2H3. The molecule has 1 aliphatic heterocycles. The van der Waals surface area contributed by atoms with Crippen molar-refractivity contribution in [2.75, 3.05) is 20.1 Å². The first-order chi connectivity index (χ1) is 13.2. The number of halogens is 3. The van der Waals surface area contributed by atoms with Crippen LogP contribution >= 0.6 is 0 Å². The molecule has 9 heteroatoms. The molecule has 0 bridgehead atoms. The summed E-state index contributed by atoms with van der Waals surface area (Å²) in [6.07, 6.45) is -0.765. The van der Waals surface area contributed by atoms with Gasteiger partial charge in [0.25, 0.3) is 0 Å². The number of phenols is 1. The van der Waals surface area contributed by atoms with Gasteiger partial charge in [-0.15, -0.1) is 10.2 Å². The van der Waals surface area contributed by atoms with E-state index in [-0.39, 0.29) is 17.2 Å². The minimum atomic E-state index is -4.52. The maximum absolute atomic E-state index is 12.9. The summed E-state index contributed by atoms with van der Waals surface area (Å²) in [6.45, 7) is 3.44. The molecule has 1 aliphatic rings. The molecule has 0 radical (unpaired) electrons. The van der Waals surface area contributed by atoms with Gasteiger partial charge < -0.3 is 10.0 Å². The van der Waals surface area contributed by atoms with Gasteiger partial charge in [-0.3, -0.25) is 0 Å². The first-order valence-corrected chi connectivity index (χ1v) is 9.04. The molecular weight excluding hydrogens is 371 g/mol. The Hall–Kier alpha value is -2.68. The molecule has 0 spiro atoms. The zero-order valence-electron chi connectivity index (χ0n) is 15.5. The Labute approximate surface area is 159 Å². The molecule has 1 unspecified atom stereocenters. The van der Waals surface area contributed by atoms with Gasteiger partial charge in [-0.05, 0) is 57.1 Å². The van der Waals surface area contributed by atoms with E-state index in [4.69, 9.17) is 0 Å². The van der Waals surface area contributed by atoms with E-state index in [2.05, 4.69) is 27.2 Å². The fourth-order valence-electron chi connectivity index (χ4n) is 3.85. The summed E-state index contributed by atoms with van der Waals surface area (Å²) in [5.74, 6) is -0.470. The third-order valence-corrected chi connectivity index (χ3v) is 5.18. The van der Waals surface area contributed by atoms with E-state index in [1.165, 1.54) is 6.92 Å². The first kappa shape index (κ1) is 18.7. The monoisotopic (exact) mass is 391 g/mol. The second-order valence-electron chi connectivity index (χ2n) is 7.34. The van der Waals surface area contributed by atoms with Crippen LogP contribution in [-0.4, -0.2) is 50.1 Å². The second kappa shape index (κ2) is 6.73. The van der Waals surface area contributed by atoms with Gasteiger partial charge in [0.05, 0.1) is 23.5 Å². The van der Waals surface area contributed by atoms with Crippen molar-refractivity contribution in [3.05, 3.63) is 35.5 Å². The van der Waals surface area contributed by atoms with Gasteiger partial charge >= 0.3 is 6.18 Å². The Morgan fingerprint density at radius 2 is 1.96 bits per heavy atom. The van der Waals surface area contributed by atoms with Crippen molar-refractivity contribution in [3.8, 4) is 17.0 Å². The van der Waals surface area contributed by atoms with E-state index in [1.807, 2.05) is 4.68 Å². The minimum absolute atomic E-state index is 0.206. The molecular formula is C19H20F3N5O. The number of likely N-dealkylation sites (N-methyl/N-ethyl adjacent to an activating group) is 1. The normalized spacial score (nSPS) is 18.7. The van der Waals surface area contributed by atoms with Crippen molar-refractivity contribution < 1.29 is 18.3 Å². The molecule has 0 saturated carbocycles. The Balaban J connectivity index is 1.73. The van der Waals surface area contributed by atoms with Crippen LogP contribution in [0.1, 0.15) is 30.0 Å². The van der Waals surface area contributed by atoms with Crippen LogP contribution in [0.15, 0.2) is 24.4 Å². The number of aromatic nitrogens is 4. The lowest BCUT2D eigenvalue weighted by Gasteiger charge is -2.29. The third-order valence-electron chi connectivity index (χ3n) is 5.18. The van der Waals surface area contributed by atoms with Crippen molar-refractivity contribution in [1.82, 2.24) is 24.9 Å². The molecule has 1 N–H and O–H groups in total. The van der Waals surface area contributed by atoms with Crippen LogP contribution in [0.5, 0.6) is 5.75 Å². The topological polar surface area (TPSA) is 67.1 Å². The van der Waals surface area contributed by atoms with Crippen molar-refractivity contribution in [3.63, 3.8) is 0 Å². The van der Waals surface area contributed by atoms with Crippen molar-refractivity contribution in [2.24, 2.45) is 0 Å². The number of benzene rings is 1. The molecule has 2 aromatic heterocycles. The summed E-state index contributed by atoms with van der Waals surface area (Å²) in [7, 11) is 2.07. The van der Waals surface area contributed by atoms with Crippen LogP contribution in [0.2, 0.25) is 0 Å². The lowest BCUT2D eigenvalue weighted by atomic mass is 10.00. The van der Waals surface area contributed by atoms with Crippen LogP contribution in [0.25, 0.3) is 22.3 Å². The minimum Gasteiger partial charge on any atom is -0.507 e. The molecule has 3 heterocycles. The third kappa shape index (κ3) is 3.30. The highest BCUT2D eigenvalue weighted by Gasteiger charge is 2.32. The summed E-state index contributed by atoms with van der Waals surface area (Å²) >= 11 is 0. The predicted octanol–water partition coefficient (Wildman–Crippen LogP) is 3.79. The number of phenolic OH excluding ortho intramolecular Hbond substituents is 1. The fourth-order valence-corrected chi connectivity index (χ4v) is 3.85. The SMILES string of the molecule is Cc1cc(C(F)(F)F)cc(O)c1-c1cc2cnn(C3CCCN(C)C3)c2nn1. The number of rotatable bonds is 2. The molecule has 1 atom stereocenters. The van der Waals surface area contributed by atoms with Crippen LogP contribution in [0.4, 0.5) is 13.2 Å². The Morgan fingerprint density at radius 1 is 1.18 bits per heavy atom. The number of hydrogen-bond acceptors (Lipinski definition) is 5. The molecule has 1 saturated heterocycles. The predicted molar refractivity (Wildman–Crippen MR) is 97.9 cm³/mol. The van der Waals surface area contributed by atoms with Crippen LogP contribution in [-0.2, 0) is 6.18 Å². The van der Waals surface area contributed by atoms with Gasteiger partial charge in [0.15, 0.2) is 5.65 Å². The van der Waals surface area contributed by atoms with Crippen molar-refractivity contribution in [2.45, 2.75) is 32.0 Å². The first-order valence-electron chi connectivity index (χ1n) is 9.04. The number of aryl methyl sites for hydroxylation is 1. The molecule has 28 heavy (non-hydrogen) atoms. The molecule has 0 amide bonds. The number of likely N-dealkylation sites (tertiary alicyclic amines) is 1. The molecule has 148 valence electrons. The Morgan fingerprint density at radius 3 is 2.64 bits per heavy atom. The van der Waals surface area contributed by atoms with E-state index >= 15 is 0 Å². The van der Waals surface area contributed by atoms with E-state index in [9.17, 15) is 18.3 Å². The van der Waals surface area contributed by atoms with Crippen LogP contribution in [0, 0.1) is 6.92 Å². The number of aromatic hydroxyl groups is 1. The van der Waals surface area contributed by atoms with E-state index < -0.39 is 17.5 Å². The number of alkyl halides is 3. The summed E-state index contributed by atoms with van der Waals surface area (Å²) in [6, 6.07) is 3.63.